The van der Waals surface area contributed by atoms with Gasteiger partial charge < -0.3 is 0 Å². The highest BCUT2D eigenvalue weighted by molar-refractivity contribution is 5.11. The van der Waals surface area contributed by atoms with Gasteiger partial charge in [0.1, 0.15) is 0 Å². The van der Waals surface area contributed by atoms with Crippen LogP contribution in [0.3, 0.4) is 0 Å². The lowest BCUT2D eigenvalue weighted by Crippen LogP contribution is -1.73. The highest BCUT2D eigenvalue weighted by atomic mass is 13.9. The largest absolute Gasteiger partial charge is 0.0845 e. The Morgan fingerprint density at radius 2 is 1.09 bits per heavy atom. The van der Waals surface area contributed by atoms with E-state index in [2.05, 4.69) is 36.5 Å². The summed E-state index contributed by atoms with van der Waals surface area (Å²) in [4.78, 5) is 0. The molecule has 11 heavy (non-hydrogen) atoms. The van der Waals surface area contributed by atoms with E-state index in [1.54, 1.807) is 0 Å². The van der Waals surface area contributed by atoms with Crippen molar-refractivity contribution in [3.8, 4) is 0 Å². The van der Waals surface area contributed by atoms with Gasteiger partial charge in [0.2, 0.25) is 0 Å². The number of hydrogen-bond acceptors (Lipinski definition) is 0. The van der Waals surface area contributed by atoms with Crippen molar-refractivity contribution in [1.82, 2.24) is 0 Å². The molecular formula is C11H16. The van der Waals surface area contributed by atoms with Crippen LogP contribution in [-0.2, 0) is 0 Å². The average Bonchev–Trinajstić information content (AvgIpc) is 2.08. The van der Waals surface area contributed by atoms with Crippen molar-refractivity contribution in [2.75, 3.05) is 0 Å². The van der Waals surface area contributed by atoms with Gasteiger partial charge in [-0.3, -0.25) is 0 Å². The Bertz CT molecular complexity index is 143. The van der Waals surface area contributed by atoms with Crippen LogP contribution < -0.4 is 0 Å². The summed E-state index contributed by atoms with van der Waals surface area (Å²) < 4.78 is 0. The topological polar surface area (TPSA) is 0 Å². The minimum Gasteiger partial charge on any atom is -0.0845 e. The summed E-state index contributed by atoms with van der Waals surface area (Å²) in [6.45, 7) is 0. The molecule has 0 heterocycles. The third-order valence-electron chi connectivity index (χ3n) is 1.85. The van der Waals surface area contributed by atoms with Crippen molar-refractivity contribution in [3.63, 3.8) is 0 Å². The van der Waals surface area contributed by atoms with Gasteiger partial charge in [-0.1, -0.05) is 42.9 Å². The highest BCUT2D eigenvalue weighted by Gasteiger charge is 1.85. The molecule has 0 fully saturated rings. The summed E-state index contributed by atoms with van der Waals surface area (Å²) in [6, 6.07) is 0. The second-order valence-electron chi connectivity index (χ2n) is 2.88. The summed E-state index contributed by atoms with van der Waals surface area (Å²) in [6.07, 6.45) is 19.5. The molecule has 0 aromatic rings. The van der Waals surface area contributed by atoms with E-state index >= 15 is 0 Å². The van der Waals surface area contributed by atoms with Crippen molar-refractivity contribution in [2.45, 2.75) is 32.1 Å². The molecule has 0 aromatic carbocycles. The summed E-state index contributed by atoms with van der Waals surface area (Å²) in [5.41, 5.74) is 0. The van der Waals surface area contributed by atoms with Crippen molar-refractivity contribution < 1.29 is 0 Å². The molecule has 1 aliphatic carbocycles. The molecule has 0 unspecified atom stereocenters. The van der Waals surface area contributed by atoms with Gasteiger partial charge in [-0.05, 0) is 25.7 Å². The third-order valence-corrected chi connectivity index (χ3v) is 1.85. The van der Waals surface area contributed by atoms with Gasteiger partial charge in [-0.25, -0.2) is 0 Å². The maximum absolute atomic E-state index is 2.25. The zero-order valence-electron chi connectivity index (χ0n) is 7.00. The fraction of sp³-hybridized carbons (Fsp3) is 0.455. The van der Waals surface area contributed by atoms with E-state index in [0.29, 0.717) is 0 Å². The second-order valence-corrected chi connectivity index (χ2v) is 2.88. The standard InChI is InChI=1S/C11H16/c1-2-4-6-8-10-11-9-7-5-3-1/h1-6H,7-11H2/b2-1-,5-3-,6-4?. The molecule has 0 spiro atoms. The Kier molecular flexibility index (Phi) is 4.51. The van der Waals surface area contributed by atoms with Gasteiger partial charge in [0.15, 0.2) is 0 Å². The van der Waals surface area contributed by atoms with Crippen LogP contribution in [0.4, 0.5) is 0 Å². The van der Waals surface area contributed by atoms with Crippen LogP contribution in [0.5, 0.6) is 0 Å². The zero-order valence-corrected chi connectivity index (χ0v) is 7.00. The van der Waals surface area contributed by atoms with Gasteiger partial charge in [-0.2, -0.15) is 0 Å². The lowest BCUT2D eigenvalue weighted by atomic mass is 10.1. The molecular weight excluding hydrogens is 132 g/mol. The lowest BCUT2D eigenvalue weighted by molar-refractivity contribution is 0.696. The van der Waals surface area contributed by atoms with Gasteiger partial charge in [0.25, 0.3) is 0 Å². The monoisotopic (exact) mass is 148 g/mol. The molecule has 0 radical (unpaired) electrons. The van der Waals surface area contributed by atoms with Crippen molar-refractivity contribution in [2.24, 2.45) is 0 Å². The van der Waals surface area contributed by atoms with Gasteiger partial charge in [-0.15, -0.1) is 0 Å². The van der Waals surface area contributed by atoms with Gasteiger partial charge in [0, 0.05) is 0 Å². The Morgan fingerprint density at radius 1 is 0.545 bits per heavy atom. The molecule has 1 rings (SSSR count). The fourth-order valence-corrected chi connectivity index (χ4v) is 1.18. The zero-order chi connectivity index (χ0) is 7.78. The van der Waals surface area contributed by atoms with E-state index in [0.717, 1.165) is 0 Å². The maximum Gasteiger partial charge on any atom is -0.0348 e. The summed E-state index contributed by atoms with van der Waals surface area (Å²) in [7, 11) is 0. The molecule has 0 atom stereocenters. The molecule has 0 heteroatoms. The van der Waals surface area contributed by atoms with Crippen molar-refractivity contribution in [1.29, 1.82) is 0 Å². The molecule has 0 N–H and O–H groups in total. The van der Waals surface area contributed by atoms with E-state index in [1.807, 2.05) is 0 Å². The predicted octanol–water partition coefficient (Wildman–Crippen LogP) is 3.62. The molecule has 1 aliphatic rings. The van der Waals surface area contributed by atoms with Crippen molar-refractivity contribution in [3.05, 3.63) is 36.5 Å². The molecule has 0 aromatic heterocycles. The minimum atomic E-state index is 1.24. The molecule has 0 saturated carbocycles. The second kappa shape index (κ2) is 5.96. The molecule has 60 valence electrons. The number of rotatable bonds is 0. The van der Waals surface area contributed by atoms with E-state index in [9.17, 15) is 0 Å². The SMILES string of the molecule is C1=CCCCCC/C=C\C=C/1. The van der Waals surface area contributed by atoms with Crippen LogP contribution in [-0.4, -0.2) is 0 Å². The third kappa shape index (κ3) is 4.60. The smallest absolute Gasteiger partial charge is 0.0348 e. The molecule has 0 amide bonds. The molecule has 0 bridgehead atoms. The van der Waals surface area contributed by atoms with E-state index < -0.39 is 0 Å². The van der Waals surface area contributed by atoms with Crippen LogP contribution in [0.2, 0.25) is 0 Å². The number of allylic oxidation sites excluding steroid dienone is 6. The fourth-order valence-electron chi connectivity index (χ4n) is 1.18. The van der Waals surface area contributed by atoms with E-state index in [1.165, 1.54) is 32.1 Å². The van der Waals surface area contributed by atoms with Gasteiger partial charge in [0.05, 0.1) is 0 Å². The average molecular weight is 148 g/mol. The molecule has 0 saturated heterocycles. The Morgan fingerprint density at radius 3 is 1.64 bits per heavy atom. The van der Waals surface area contributed by atoms with Crippen LogP contribution in [0.15, 0.2) is 36.5 Å². The Balaban J connectivity index is 2.36. The maximum atomic E-state index is 2.25. The minimum absolute atomic E-state index is 1.24. The van der Waals surface area contributed by atoms with Crippen LogP contribution in [0.1, 0.15) is 32.1 Å². The summed E-state index contributed by atoms with van der Waals surface area (Å²) in [5, 5.41) is 0. The van der Waals surface area contributed by atoms with Gasteiger partial charge >= 0.3 is 0 Å². The van der Waals surface area contributed by atoms with Crippen molar-refractivity contribution >= 4 is 0 Å². The molecule has 0 nitrogen and oxygen atoms in total. The first-order chi connectivity index (χ1) is 5.50. The Hall–Kier alpha value is -0.780. The van der Waals surface area contributed by atoms with E-state index in [4.69, 9.17) is 0 Å². The predicted molar refractivity (Wildman–Crippen MR) is 50.5 cm³/mol. The van der Waals surface area contributed by atoms with Crippen LogP contribution in [0, 0.1) is 0 Å². The summed E-state index contributed by atoms with van der Waals surface area (Å²) in [5.74, 6) is 0. The van der Waals surface area contributed by atoms with E-state index in [-0.39, 0.29) is 0 Å². The first kappa shape index (κ1) is 8.32. The van der Waals surface area contributed by atoms with Crippen LogP contribution >= 0.6 is 0 Å². The van der Waals surface area contributed by atoms with Crippen LogP contribution in [0.25, 0.3) is 0 Å². The number of hydrogen-bond donors (Lipinski definition) is 0. The Labute approximate surface area is 69.3 Å². The lowest BCUT2D eigenvalue weighted by Gasteiger charge is -1.93. The quantitative estimate of drug-likeness (QED) is 0.492. The summed E-state index contributed by atoms with van der Waals surface area (Å²) >= 11 is 0. The normalized spacial score (nSPS) is 25.5. The highest BCUT2D eigenvalue weighted by Crippen LogP contribution is 2.05. The first-order valence-electron chi connectivity index (χ1n) is 4.48. The molecule has 0 aliphatic heterocycles. The first-order valence-corrected chi connectivity index (χ1v) is 4.48.